The van der Waals surface area contributed by atoms with Crippen LogP contribution in [-0.4, -0.2) is 90.5 Å². The second-order valence-corrected chi connectivity index (χ2v) is 12.7. The summed E-state index contributed by atoms with van der Waals surface area (Å²) in [7, 11) is -3.43. The second kappa shape index (κ2) is 10.8. The minimum absolute atomic E-state index is 0.0655. The second-order valence-electron chi connectivity index (χ2n) is 10.8. The molecule has 35 heavy (non-hydrogen) atoms. The van der Waals surface area contributed by atoms with E-state index in [1.807, 2.05) is 4.90 Å². The van der Waals surface area contributed by atoms with Crippen molar-refractivity contribution >= 4 is 16.1 Å². The molecular formula is C24H39N5O5S. The number of ether oxygens (including phenoxy) is 1. The van der Waals surface area contributed by atoms with Crippen molar-refractivity contribution in [1.29, 1.82) is 0 Å². The third-order valence-electron chi connectivity index (χ3n) is 8.32. The summed E-state index contributed by atoms with van der Waals surface area (Å²) < 4.78 is 40.4. The molecule has 4 saturated heterocycles. The van der Waals surface area contributed by atoms with Crippen molar-refractivity contribution in [2.75, 3.05) is 52.5 Å². The Morgan fingerprint density at radius 2 is 1.54 bits per heavy atom. The van der Waals surface area contributed by atoms with Crippen LogP contribution in [0.25, 0.3) is 0 Å². The van der Waals surface area contributed by atoms with E-state index < -0.39 is 10.2 Å². The van der Waals surface area contributed by atoms with Crippen LogP contribution in [0.15, 0.2) is 4.52 Å². The van der Waals surface area contributed by atoms with Gasteiger partial charge in [0.25, 0.3) is 10.2 Å². The lowest BCUT2D eigenvalue weighted by Gasteiger charge is -2.39. The van der Waals surface area contributed by atoms with Gasteiger partial charge in [-0.3, -0.25) is 4.79 Å². The van der Waals surface area contributed by atoms with Crippen molar-refractivity contribution in [2.45, 2.75) is 70.1 Å². The highest BCUT2D eigenvalue weighted by atomic mass is 32.2. The van der Waals surface area contributed by atoms with Crippen LogP contribution in [0.5, 0.6) is 0 Å². The molecular weight excluding hydrogens is 470 g/mol. The van der Waals surface area contributed by atoms with Crippen molar-refractivity contribution in [2.24, 2.45) is 11.8 Å². The molecule has 5 rings (SSSR count). The SMILES string of the molecule is CC1CCN(S(=O)(=O)N2CCC(C(=O)N3CCCC(c4nc(C5CCOCC5)no4)C3)CC2)CC1. The van der Waals surface area contributed by atoms with Gasteiger partial charge < -0.3 is 14.2 Å². The first kappa shape index (κ1) is 25.1. The Morgan fingerprint density at radius 1 is 0.886 bits per heavy atom. The first-order valence-electron chi connectivity index (χ1n) is 13.4. The van der Waals surface area contributed by atoms with Crippen LogP contribution in [0.1, 0.15) is 81.8 Å². The van der Waals surface area contributed by atoms with E-state index in [0.717, 1.165) is 64.1 Å². The van der Waals surface area contributed by atoms with Gasteiger partial charge in [0.15, 0.2) is 5.82 Å². The molecule has 1 unspecified atom stereocenters. The summed E-state index contributed by atoms with van der Waals surface area (Å²) >= 11 is 0. The fourth-order valence-electron chi connectivity index (χ4n) is 5.88. The number of piperidine rings is 3. The zero-order chi connectivity index (χ0) is 24.4. The lowest BCUT2D eigenvalue weighted by Crippen LogP contribution is -2.51. The molecule has 0 aromatic carbocycles. The van der Waals surface area contributed by atoms with E-state index in [1.165, 1.54) is 0 Å². The van der Waals surface area contributed by atoms with E-state index in [1.54, 1.807) is 8.61 Å². The largest absolute Gasteiger partial charge is 0.381 e. The van der Waals surface area contributed by atoms with Gasteiger partial charge in [0, 0.05) is 64.3 Å². The Bertz CT molecular complexity index is 963. The molecule has 5 heterocycles. The van der Waals surface area contributed by atoms with Gasteiger partial charge in [-0.1, -0.05) is 12.1 Å². The molecule has 0 radical (unpaired) electrons. The van der Waals surface area contributed by atoms with Crippen LogP contribution < -0.4 is 0 Å². The van der Waals surface area contributed by atoms with Crippen LogP contribution in [0.2, 0.25) is 0 Å². The lowest BCUT2D eigenvalue weighted by molar-refractivity contribution is -0.138. The maximum atomic E-state index is 13.3. The molecule has 10 nitrogen and oxygen atoms in total. The summed E-state index contributed by atoms with van der Waals surface area (Å²) in [5.74, 6) is 2.36. The number of hydrogen-bond donors (Lipinski definition) is 0. The lowest BCUT2D eigenvalue weighted by atomic mass is 9.92. The summed E-state index contributed by atoms with van der Waals surface area (Å²) in [6.07, 6.45) is 6.67. The summed E-state index contributed by atoms with van der Waals surface area (Å²) in [6, 6.07) is 0. The molecule has 1 aromatic rings. The molecule has 1 amide bonds. The number of carbonyl (C=O) groups excluding carboxylic acids is 1. The van der Waals surface area contributed by atoms with Gasteiger partial charge in [-0.2, -0.15) is 22.0 Å². The monoisotopic (exact) mass is 509 g/mol. The van der Waals surface area contributed by atoms with E-state index in [2.05, 4.69) is 12.1 Å². The zero-order valence-corrected chi connectivity index (χ0v) is 21.6. The van der Waals surface area contributed by atoms with Crippen molar-refractivity contribution in [3.05, 3.63) is 11.7 Å². The topological polar surface area (TPSA) is 109 Å². The van der Waals surface area contributed by atoms with Gasteiger partial charge in [0.2, 0.25) is 11.8 Å². The van der Waals surface area contributed by atoms with E-state index in [9.17, 15) is 13.2 Å². The Kier molecular flexibility index (Phi) is 7.76. The number of rotatable bonds is 5. The summed E-state index contributed by atoms with van der Waals surface area (Å²) in [6.45, 7) is 7.01. The van der Waals surface area contributed by atoms with Crippen molar-refractivity contribution in [1.82, 2.24) is 23.7 Å². The summed E-state index contributed by atoms with van der Waals surface area (Å²) in [4.78, 5) is 20.0. The predicted octanol–water partition coefficient (Wildman–Crippen LogP) is 2.36. The predicted molar refractivity (Wildman–Crippen MR) is 129 cm³/mol. The van der Waals surface area contributed by atoms with Crippen LogP contribution in [0, 0.1) is 11.8 Å². The molecule has 0 aliphatic carbocycles. The Balaban J connectivity index is 1.14. The van der Waals surface area contributed by atoms with E-state index in [0.29, 0.717) is 57.4 Å². The molecule has 1 aromatic heterocycles. The zero-order valence-electron chi connectivity index (χ0n) is 20.8. The molecule has 4 aliphatic rings. The average Bonchev–Trinajstić information content (AvgIpc) is 3.40. The molecule has 4 aliphatic heterocycles. The average molecular weight is 510 g/mol. The van der Waals surface area contributed by atoms with Gasteiger partial charge in [-0.05, 0) is 57.3 Å². The first-order valence-corrected chi connectivity index (χ1v) is 14.8. The standard InChI is InChI=1S/C24H39N5O5S/c1-18-4-11-28(12-5-18)35(31,32)29-13-6-20(7-14-29)24(30)27-10-2-3-21(17-27)23-25-22(26-34-23)19-8-15-33-16-9-19/h18-21H,2-17H2,1H3. The molecule has 0 saturated carbocycles. The Hall–Kier alpha value is -1.56. The van der Waals surface area contributed by atoms with E-state index >= 15 is 0 Å². The third kappa shape index (κ3) is 5.57. The van der Waals surface area contributed by atoms with Crippen molar-refractivity contribution < 1.29 is 22.5 Å². The molecule has 196 valence electrons. The van der Waals surface area contributed by atoms with Crippen molar-refractivity contribution in [3.63, 3.8) is 0 Å². The number of likely N-dealkylation sites (tertiary alicyclic amines) is 1. The third-order valence-corrected chi connectivity index (χ3v) is 10.4. The number of nitrogens with zero attached hydrogens (tertiary/aromatic N) is 5. The highest BCUT2D eigenvalue weighted by Crippen LogP contribution is 2.32. The van der Waals surface area contributed by atoms with Gasteiger partial charge in [-0.15, -0.1) is 0 Å². The van der Waals surface area contributed by atoms with Gasteiger partial charge >= 0.3 is 0 Å². The van der Waals surface area contributed by atoms with Gasteiger partial charge in [0.1, 0.15) is 0 Å². The first-order chi connectivity index (χ1) is 16.9. The molecule has 4 fully saturated rings. The molecule has 0 N–H and O–H groups in total. The minimum Gasteiger partial charge on any atom is -0.381 e. The summed E-state index contributed by atoms with van der Waals surface area (Å²) in [5, 5.41) is 4.24. The quantitative estimate of drug-likeness (QED) is 0.599. The Morgan fingerprint density at radius 3 is 2.23 bits per heavy atom. The van der Waals surface area contributed by atoms with Crippen LogP contribution >= 0.6 is 0 Å². The summed E-state index contributed by atoms with van der Waals surface area (Å²) in [5.41, 5.74) is 0. The van der Waals surface area contributed by atoms with Gasteiger partial charge in [0.05, 0.1) is 5.92 Å². The van der Waals surface area contributed by atoms with Crippen LogP contribution in [-0.2, 0) is 19.7 Å². The molecule has 0 spiro atoms. The number of amides is 1. The fourth-order valence-corrected chi connectivity index (χ4v) is 7.56. The molecule has 0 bridgehead atoms. The highest BCUT2D eigenvalue weighted by Gasteiger charge is 2.38. The molecule has 1 atom stereocenters. The maximum absolute atomic E-state index is 13.3. The maximum Gasteiger partial charge on any atom is 0.281 e. The number of hydrogen-bond acceptors (Lipinski definition) is 7. The number of carbonyl (C=O) groups is 1. The van der Waals surface area contributed by atoms with Crippen LogP contribution in [0.4, 0.5) is 0 Å². The van der Waals surface area contributed by atoms with Crippen molar-refractivity contribution in [3.8, 4) is 0 Å². The normalized spacial score (nSPS) is 27.3. The van der Waals surface area contributed by atoms with Gasteiger partial charge in [-0.25, -0.2) is 0 Å². The van der Waals surface area contributed by atoms with E-state index in [-0.39, 0.29) is 23.7 Å². The minimum atomic E-state index is -3.43. The Labute approximate surface area is 208 Å². The fraction of sp³-hybridized carbons (Fsp3) is 0.875. The highest BCUT2D eigenvalue weighted by molar-refractivity contribution is 7.86. The smallest absolute Gasteiger partial charge is 0.281 e. The number of aromatic nitrogens is 2. The van der Waals surface area contributed by atoms with E-state index in [4.69, 9.17) is 14.2 Å². The molecule has 11 heteroatoms. The van der Waals surface area contributed by atoms with Crippen LogP contribution in [0.3, 0.4) is 0 Å².